The van der Waals surface area contributed by atoms with Crippen molar-refractivity contribution in [2.24, 2.45) is 7.05 Å². The summed E-state index contributed by atoms with van der Waals surface area (Å²) >= 11 is 0. The highest BCUT2D eigenvalue weighted by Gasteiger charge is 2.50. The first kappa shape index (κ1) is 24.0. The van der Waals surface area contributed by atoms with Crippen LogP contribution in [0.15, 0.2) is 54.2 Å². The molecule has 1 amide bonds. The van der Waals surface area contributed by atoms with Gasteiger partial charge in [0.25, 0.3) is 11.7 Å². The first-order chi connectivity index (χ1) is 17.5. The van der Waals surface area contributed by atoms with E-state index in [-0.39, 0.29) is 17.4 Å². The van der Waals surface area contributed by atoms with Crippen LogP contribution in [-0.4, -0.2) is 45.5 Å². The highest BCUT2D eigenvalue weighted by Crippen LogP contribution is 2.46. The van der Waals surface area contributed by atoms with Gasteiger partial charge >= 0.3 is 0 Å². The Labute approximate surface area is 210 Å². The number of aryl methyl sites for hydroxylation is 1. The number of aliphatic hydroxyl groups is 1. The number of Topliss-reactive ketones (excluding diaryl/α,β-unsaturated/α-hetero) is 1. The van der Waals surface area contributed by atoms with E-state index < -0.39 is 17.7 Å². The smallest absolute Gasteiger partial charge is 0.295 e. The molecule has 2 fully saturated rings. The summed E-state index contributed by atoms with van der Waals surface area (Å²) in [6, 6.07) is 12.4. The normalized spacial score (nSPS) is 20.0. The number of aromatic nitrogens is 1. The first-order valence-electron chi connectivity index (χ1n) is 12.7. The van der Waals surface area contributed by atoms with Crippen LogP contribution in [0.2, 0.25) is 0 Å². The van der Waals surface area contributed by atoms with Crippen molar-refractivity contribution in [1.29, 1.82) is 0 Å². The summed E-state index contributed by atoms with van der Waals surface area (Å²) in [4.78, 5) is 28.8. The van der Waals surface area contributed by atoms with Gasteiger partial charge in [-0.1, -0.05) is 31.0 Å². The summed E-state index contributed by atoms with van der Waals surface area (Å²) in [5.74, 6) is -0.420. The van der Waals surface area contributed by atoms with Crippen molar-refractivity contribution in [1.82, 2.24) is 9.47 Å². The number of carbonyl (C=O) groups is 2. The van der Waals surface area contributed by atoms with E-state index in [0.717, 1.165) is 42.1 Å². The van der Waals surface area contributed by atoms with Crippen molar-refractivity contribution in [2.45, 2.75) is 51.6 Å². The van der Waals surface area contributed by atoms with Gasteiger partial charge in [0, 0.05) is 41.8 Å². The van der Waals surface area contributed by atoms with Crippen LogP contribution in [0.25, 0.3) is 16.7 Å². The third kappa shape index (κ3) is 3.92. The maximum absolute atomic E-state index is 13.6. The number of aliphatic hydroxyl groups excluding tert-OH is 1. The number of para-hydroxylation sites is 1. The van der Waals surface area contributed by atoms with Crippen LogP contribution in [0.5, 0.6) is 11.5 Å². The van der Waals surface area contributed by atoms with Gasteiger partial charge in [-0.25, -0.2) is 0 Å². The molecular weight excluding hydrogens is 456 g/mol. The molecule has 1 aliphatic heterocycles. The number of hydrogen-bond donors (Lipinski definition) is 1. The third-order valence-electron chi connectivity index (χ3n) is 7.24. The molecule has 0 radical (unpaired) electrons. The van der Waals surface area contributed by atoms with Crippen LogP contribution < -0.4 is 9.47 Å². The minimum absolute atomic E-state index is 0.0394. The van der Waals surface area contributed by atoms with E-state index in [1.165, 1.54) is 0 Å². The summed E-state index contributed by atoms with van der Waals surface area (Å²) in [7, 11) is 1.95. The Morgan fingerprint density at radius 2 is 1.75 bits per heavy atom. The average Bonchev–Trinajstić information content (AvgIpc) is 3.58. The fraction of sp³-hybridized carbons (Fsp3) is 0.379. The van der Waals surface area contributed by atoms with Gasteiger partial charge in [-0.05, 0) is 44.9 Å². The van der Waals surface area contributed by atoms with Crippen LogP contribution in [0.3, 0.4) is 0 Å². The van der Waals surface area contributed by atoms with Gasteiger partial charge < -0.3 is 24.0 Å². The molecule has 1 aliphatic carbocycles. The fourth-order valence-electron chi connectivity index (χ4n) is 5.68. The summed E-state index contributed by atoms with van der Waals surface area (Å²) in [5.41, 5.74) is 2.31. The van der Waals surface area contributed by atoms with Gasteiger partial charge in [-0.15, -0.1) is 0 Å². The average molecular weight is 489 g/mol. The minimum atomic E-state index is -0.680. The van der Waals surface area contributed by atoms with Crippen molar-refractivity contribution in [3.05, 3.63) is 65.4 Å². The fourth-order valence-corrected chi connectivity index (χ4v) is 5.68. The second-order valence-corrected chi connectivity index (χ2v) is 9.38. The van der Waals surface area contributed by atoms with Crippen molar-refractivity contribution in [2.75, 3.05) is 13.2 Å². The Balaban J connectivity index is 1.73. The van der Waals surface area contributed by atoms with Gasteiger partial charge in [0.15, 0.2) is 0 Å². The number of ether oxygens (including phenoxy) is 2. The number of nitrogens with zero attached hydrogens (tertiary/aromatic N) is 2. The number of ketones is 1. The lowest BCUT2D eigenvalue weighted by atomic mass is 9.94. The van der Waals surface area contributed by atoms with Crippen molar-refractivity contribution >= 4 is 28.4 Å². The van der Waals surface area contributed by atoms with E-state index in [1.807, 2.05) is 55.9 Å². The molecular formula is C29H32N2O5. The summed E-state index contributed by atoms with van der Waals surface area (Å²) < 4.78 is 13.4. The summed E-state index contributed by atoms with van der Waals surface area (Å²) in [6.45, 7) is 4.61. The second-order valence-electron chi connectivity index (χ2n) is 9.38. The lowest BCUT2D eigenvalue weighted by Gasteiger charge is -2.30. The largest absolute Gasteiger partial charge is 0.507 e. The Morgan fingerprint density at radius 3 is 2.47 bits per heavy atom. The maximum atomic E-state index is 13.6. The van der Waals surface area contributed by atoms with Crippen LogP contribution in [0.1, 0.15) is 56.7 Å². The molecule has 2 aliphatic rings. The molecule has 1 saturated heterocycles. The number of benzene rings is 2. The Morgan fingerprint density at radius 1 is 1.03 bits per heavy atom. The summed E-state index contributed by atoms with van der Waals surface area (Å²) in [5, 5.41) is 12.6. The van der Waals surface area contributed by atoms with Crippen molar-refractivity contribution in [3.63, 3.8) is 0 Å². The molecule has 2 heterocycles. The number of rotatable bonds is 7. The molecule has 36 heavy (non-hydrogen) atoms. The number of likely N-dealkylation sites (tertiary alicyclic amines) is 1. The van der Waals surface area contributed by atoms with Crippen LogP contribution in [-0.2, 0) is 16.6 Å². The van der Waals surface area contributed by atoms with Gasteiger partial charge in [0.05, 0.1) is 30.4 Å². The quantitative estimate of drug-likeness (QED) is 0.276. The van der Waals surface area contributed by atoms with Gasteiger partial charge in [0.1, 0.15) is 17.3 Å². The number of fused-ring (bicyclic) bond motifs is 1. The molecule has 1 saturated carbocycles. The van der Waals surface area contributed by atoms with E-state index in [1.54, 1.807) is 23.1 Å². The zero-order chi connectivity index (χ0) is 25.4. The third-order valence-corrected chi connectivity index (χ3v) is 7.24. The lowest BCUT2D eigenvalue weighted by molar-refractivity contribution is -0.141. The second kappa shape index (κ2) is 9.72. The first-order valence-corrected chi connectivity index (χ1v) is 12.7. The molecule has 7 nitrogen and oxygen atoms in total. The van der Waals surface area contributed by atoms with E-state index >= 15 is 0 Å². The molecule has 5 rings (SSSR count). The molecule has 2 aromatic carbocycles. The number of amides is 1. The van der Waals surface area contributed by atoms with Crippen LogP contribution >= 0.6 is 0 Å². The van der Waals surface area contributed by atoms with Gasteiger partial charge in [0.2, 0.25) is 0 Å². The van der Waals surface area contributed by atoms with E-state index in [0.29, 0.717) is 30.3 Å². The monoisotopic (exact) mass is 488 g/mol. The Hall–Kier alpha value is -3.74. The van der Waals surface area contributed by atoms with E-state index in [4.69, 9.17) is 9.47 Å². The standard InChI is InChI=1S/C29H32N2O5/c1-4-35-19-14-15-21(24(16-19)36-5-2)27(32)25-26(22-17-30(3)23-13-9-8-12-20(22)23)31(29(34)28(25)33)18-10-6-7-11-18/h8-9,12-18,26,32H,4-7,10-11H2,1-3H3/b27-25+. The Kier molecular flexibility index (Phi) is 6.48. The van der Waals surface area contributed by atoms with Gasteiger partial charge in [-0.3, -0.25) is 9.59 Å². The van der Waals surface area contributed by atoms with Crippen molar-refractivity contribution in [3.8, 4) is 11.5 Å². The Bertz CT molecular complexity index is 1350. The maximum Gasteiger partial charge on any atom is 0.295 e. The molecule has 0 bridgehead atoms. The molecule has 1 N–H and O–H groups in total. The summed E-state index contributed by atoms with van der Waals surface area (Å²) in [6.07, 6.45) is 5.70. The molecule has 7 heteroatoms. The lowest BCUT2D eigenvalue weighted by Crippen LogP contribution is -2.37. The molecule has 3 aromatic rings. The highest BCUT2D eigenvalue weighted by molar-refractivity contribution is 6.47. The number of hydrogen-bond acceptors (Lipinski definition) is 5. The highest BCUT2D eigenvalue weighted by atomic mass is 16.5. The van der Waals surface area contributed by atoms with Gasteiger partial charge in [-0.2, -0.15) is 0 Å². The zero-order valence-electron chi connectivity index (χ0n) is 21.0. The SMILES string of the molecule is CCOc1ccc(/C(O)=C2\C(=O)C(=O)N(C3CCCC3)C2c2cn(C)c3ccccc23)c(OCC)c1. The molecule has 1 unspecified atom stereocenters. The van der Waals surface area contributed by atoms with E-state index in [2.05, 4.69) is 0 Å². The molecule has 1 aromatic heterocycles. The zero-order valence-corrected chi connectivity index (χ0v) is 21.0. The minimum Gasteiger partial charge on any atom is -0.507 e. The van der Waals surface area contributed by atoms with Crippen molar-refractivity contribution < 1.29 is 24.2 Å². The van der Waals surface area contributed by atoms with E-state index in [9.17, 15) is 14.7 Å². The molecule has 1 atom stereocenters. The predicted octanol–water partition coefficient (Wildman–Crippen LogP) is 5.34. The molecule has 0 spiro atoms. The molecule has 188 valence electrons. The topological polar surface area (TPSA) is 81.0 Å². The predicted molar refractivity (Wildman–Crippen MR) is 138 cm³/mol. The van der Waals surface area contributed by atoms with Crippen LogP contribution in [0.4, 0.5) is 0 Å². The number of carbonyl (C=O) groups excluding carboxylic acids is 2. The van der Waals surface area contributed by atoms with Crippen LogP contribution in [0, 0.1) is 0 Å².